The van der Waals surface area contributed by atoms with Crippen molar-refractivity contribution >= 4 is 96.9 Å². The molecule has 432 valence electrons. The zero-order chi connectivity index (χ0) is 57.7. The van der Waals surface area contributed by atoms with E-state index in [-0.39, 0.29) is 46.1 Å². The van der Waals surface area contributed by atoms with E-state index in [9.17, 15) is 28.3 Å². The van der Waals surface area contributed by atoms with Gasteiger partial charge in [-0.25, -0.2) is 13.7 Å². The minimum Gasteiger partial charge on any atom is -0.377 e. The summed E-state index contributed by atoms with van der Waals surface area (Å²) in [4.78, 5) is 52.5. The molecule has 0 aliphatic carbocycles. The number of phosphoric ester groups is 1. The summed E-state index contributed by atoms with van der Waals surface area (Å²) in [6.07, 6.45) is 13.0. The molecule has 2 aromatic rings. The highest BCUT2D eigenvalue weighted by Gasteiger charge is 2.45. The van der Waals surface area contributed by atoms with E-state index < -0.39 is 48.3 Å². The molecule has 0 bridgehead atoms. The fraction of sp³-hybridized carbons (Fsp3) is 0.585. The number of amides is 1. The molecule has 0 aromatic heterocycles. The number of ether oxygens (including phenoxy) is 3. The van der Waals surface area contributed by atoms with E-state index in [1.54, 1.807) is 21.6 Å². The maximum absolute atomic E-state index is 13.0. The molecule has 17 nitrogen and oxygen atoms in total. The van der Waals surface area contributed by atoms with Crippen LogP contribution in [0.1, 0.15) is 124 Å². The second-order valence-corrected chi connectivity index (χ2v) is 32.4. The summed E-state index contributed by atoms with van der Waals surface area (Å²) in [5.74, 6) is 6.66. The highest BCUT2D eigenvalue weighted by molar-refractivity contribution is 8.77. The molecule has 2 unspecified atom stereocenters. The smallest absolute Gasteiger partial charge is 0.377 e. The van der Waals surface area contributed by atoms with Crippen LogP contribution in [0.3, 0.4) is 0 Å². The predicted octanol–water partition coefficient (Wildman–Crippen LogP) is 11.7. The standard InChI is InChI=1S/C53H79BN3O14P3S4/c1-13-56-42-26-24-38(2)31-40(42)52(9,10)46(56)21-16-14-17-22-47-53(11,12)41-32-39(3)25-27-43(41)57(47)29-19-15-18-23-49(58)55-35-51(7,8)78-75-36-66-30-20-28-54-48-33-44(67-37-76-77-50(4,5)6)45(69-48)34-68-73(62,63)71-74(64,65)70-72(59,60)61/h14,16-17,21-22,24-27,31-32,44-45,48,54H,13,15,18-19,23,29-30,33-37H2,1-12H3,(H4-,55,58,59,60,61,62,63,64,65)/p+1/t44-,45-,48-/m1/s1. The van der Waals surface area contributed by atoms with Crippen LogP contribution in [0, 0.1) is 25.6 Å². The second-order valence-electron chi connectivity index (χ2n) is 22.0. The third-order valence-corrected chi connectivity index (χ3v) is 22.7. The quantitative estimate of drug-likeness (QED) is 0.00746. The van der Waals surface area contributed by atoms with Crippen LogP contribution in [0.15, 0.2) is 72.5 Å². The van der Waals surface area contributed by atoms with Gasteiger partial charge in [0.05, 0.1) is 18.1 Å². The number of allylic oxidation sites excluding steroid dienone is 6. The number of anilines is 1. The van der Waals surface area contributed by atoms with E-state index in [2.05, 4.69) is 185 Å². The Balaban J connectivity index is 1.02. The molecule has 1 amide bonds. The van der Waals surface area contributed by atoms with Crippen LogP contribution < -0.4 is 10.2 Å². The number of nitrogens with one attached hydrogen (secondary N) is 1. The number of carbonyl (C=O) groups excluding carboxylic acids is 1. The first-order valence-corrected chi connectivity index (χ1v) is 35.2. The van der Waals surface area contributed by atoms with Gasteiger partial charge >= 0.3 is 23.5 Å². The number of hydrogen-bond acceptors (Lipinski definition) is 15. The molecular weight excluding hydrogens is 1130 g/mol. The Kier molecular flexibility index (Phi) is 24.8. The molecule has 3 heterocycles. The fourth-order valence-corrected chi connectivity index (χ4v) is 16.4. The SMILES string of the molecule is CCN1\C(=C/C=C/C=C/C2=[N+](CCCCCC(=O)NCC(C)(C)SSCOCC#CB[C@H]3C[C@@H](OCSSC(C)(C)C)[C@@H](COP(=O)(O)OP(=O)(O)OP(=O)(O)O)O3)c3ccc(C)cc3C2(C)C)C(C)(C)c2cc(C)ccc21. The largest absolute Gasteiger partial charge is 0.490 e. The Labute approximate surface area is 479 Å². The summed E-state index contributed by atoms with van der Waals surface area (Å²) in [6, 6.07) is 13.1. The number of nitrogens with zero attached hydrogens (tertiary/aromatic N) is 2. The average molecular weight is 1220 g/mol. The molecule has 78 heavy (non-hydrogen) atoms. The van der Waals surface area contributed by atoms with Crippen LogP contribution in [-0.2, 0) is 56.7 Å². The number of carbonyl (C=O) groups is 1. The molecule has 0 saturated carbocycles. The molecule has 5 rings (SSSR count). The molecule has 25 heteroatoms. The van der Waals surface area contributed by atoms with Crippen molar-refractivity contribution in [2.45, 2.75) is 154 Å². The molecule has 3 aliphatic rings. The molecule has 0 spiro atoms. The van der Waals surface area contributed by atoms with Crippen molar-refractivity contribution in [1.29, 1.82) is 0 Å². The van der Waals surface area contributed by atoms with E-state index in [1.807, 2.05) is 0 Å². The van der Waals surface area contributed by atoms with Crippen LogP contribution in [0.5, 0.6) is 0 Å². The zero-order valence-corrected chi connectivity index (χ0v) is 53.0. The summed E-state index contributed by atoms with van der Waals surface area (Å²) >= 11 is 0. The lowest BCUT2D eigenvalue weighted by Crippen LogP contribution is -2.35. The van der Waals surface area contributed by atoms with Crippen LogP contribution >= 0.6 is 66.6 Å². The Bertz CT molecular complexity index is 2750. The first-order valence-electron chi connectivity index (χ1n) is 26.0. The predicted molar refractivity (Wildman–Crippen MR) is 322 cm³/mol. The van der Waals surface area contributed by atoms with Gasteiger partial charge in [0.2, 0.25) is 18.9 Å². The van der Waals surface area contributed by atoms with Crippen molar-refractivity contribution in [2.75, 3.05) is 49.6 Å². The number of aryl methyl sites for hydroxylation is 2. The van der Waals surface area contributed by atoms with Crippen LogP contribution in [0.4, 0.5) is 11.4 Å². The molecule has 5 atom stereocenters. The number of benzene rings is 2. The summed E-state index contributed by atoms with van der Waals surface area (Å²) in [5.41, 5.74) is 10.1. The monoisotopic (exact) mass is 1210 g/mol. The van der Waals surface area contributed by atoms with Gasteiger partial charge in [-0.15, -0.1) is 0 Å². The number of unbranched alkanes of at least 4 members (excludes halogenated alkanes) is 2. The Morgan fingerprint density at radius 1 is 0.897 bits per heavy atom. The number of hydrogen-bond donors (Lipinski definition) is 5. The molecule has 1 saturated heterocycles. The van der Waals surface area contributed by atoms with Crippen molar-refractivity contribution in [2.24, 2.45) is 0 Å². The van der Waals surface area contributed by atoms with Crippen molar-refractivity contribution in [3.05, 3.63) is 94.7 Å². The van der Waals surface area contributed by atoms with E-state index in [0.29, 0.717) is 25.3 Å². The van der Waals surface area contributed by atoms with Gasteiger partial charge in [0.25, 0.3) is 0 Å². The Morgan fingerprint density at radius 3 is 2.28 bits per heavy atom. The maximum Gasteiger partial charge on any atom is 0.490 e. The molecule has 2 aromatic carbocycles. The topological polar surface area (TPSA) is 223 Å². The minimum absolute atomic E-state index is 0.0363. The van der Waals surface area contributed by atoms with Crippen LogP contribution in [-0.4, -0.2) is 115 Å². The molecule has 1 fully saturated rings. The van der Waals surface area contributed by atoms with Gasteiger partial charge in [-0.2, -0.15) is 19.0 Å². The van der Waals surface area contributed by atoms with Crippen molar-refractivity contribution in [3.63, 3.8) is 0 Å². The number of likely N-dealkylation sites (N-methyl/N-ethyl adjacent to an activating group) is 1. The Morgan fingerprint density at radius 2 is 1.59 bits per heavy atom. The highest BCUT2D eigenvalue weighted by atomic mass is 33.1. The number of fused-ring (bicyclic) bond motifs is 2. The minimum atomic E-state index is -5.67. The molecule has 0 radical (unpaired) electrons. The van der Waals surface area contributed by atoms with Gasteiger partial charge < -0.3 is 44.0 Å². The van der Waals surface area contributed by atoms with Gasteiger partial charge in [0.15, 0.2) is 5.71 Å². The average Bonchev–Trinajstić information content (AvgIpc) is 3.95. The lowest BCUT2D eigenvalue weighted by Gasteiger charge is -2.25. The van der Waals surface area contributed by atoms with E-state index in [0.717, 1.165) is 32.4 Å². The Hall–Kier alpha value is -2.09. The van der Waals surface area contributed by atoms with Crippen molar-refractivity contribution in [1.82, 2.24) is 5.32 Å². The van der Waals surface area contributed by atoms with E-state index >= 15 is 0 Å². The van der Waals surface area contributed by atoms with Crippen molar-refractivity contribution < 1.29 is 70.0 Å². The van der Waals surface area contributed by atoms with Crippen molar-refractivity contribution in [3.8, 4) is 11.7 Å². The normalized spacial score (nSPS) is 21.2. The third-order valence-electron chi connectivity index (χ3n) is 12.9. The van der Waals surface area contributed by atoms with Gasteiger partial charge in [0, 0.05) is 75.9 Å². The first-order chi connectivity index (χ1) is 36.3. The highest BCUT2D eigenvalue weighted by Crippen LogP contribution is 2.66. The van der Waals surface area contributed by atoms with Gasteiger partial charge in [-0.3, -0.25) is 9.32 Å². The number of phosphoric acid groups is 3. The van der Waals surface area contributed by atoms with E-state index in [1.165, 1.54) is 66.6 Å². The lowest BCUT2D eigenvalue weighted by molar-refractivity contribution is -0.438. The summed E-state index contributed by atoms with van der Waals surface area (Å²) < 4.78 is 67.5. The van der Waals surface area contributed by atoms with Crippen LogP contribution in [0.2, 0.25) is 0 Å². The molecular formula is C53H80BN3O14P3S4+. The van der Waals surface area contributed by atoms with Gasteiger partial charge in [-0.1, -0.05) is 131 Å². The molecule has 3 aliphatic heterocycles. The van der Waals surface area contributed by atoms with Gasteiger partial charge in [0.1, 0.15) is 31.1 Å². The summed E-state index contributed by atoms with van der Waals surface area (Å²) in [6.45, 7) is 27.9. The van der Waals surface area contributed by atoms with Gasteiger partial charge in [-0.05, 0) is 91.5 Å². The third kappa shape index (κ3) is 20.7. The first kappa shape index (κ1) is 66.7. The second kappa shape index (κ2) is 28.9. The lowest BCUT2D eigenvalue weighted by atomic mass is 9.71. The van der Waals surface area contributed by atoms with E-state index in [4.69, 9.17) is 28.5 Å². The molecule has 5 N–H and O–H groups in total. The van der Waals surface area contributed by atoms with Crippen LogP contribution in [0.25, 0.3) is 0 Å². The summed E-state index contributed by atoms with van der Waals surface area (Å²) in [5, 5.41) is 3.12. The summed E-state index contributed by atoms with van der Waals surface area (Å²) in [7, 11) is -10.1. The fourth-order valence-electron chi connectivity index (χ4n) is 9.27. The number of rotatable bonds is 29. The maximum atomic E-state index is 13.0. The zero-order valence-electron chi connectivity index (χ0n) is 47.0.